The van der Waals surface area contributed by atoms with Crippen LogP contribution in [0.1, 0.15) is 54.7 Å². The van der Waals surface area contributed by atoms with Gasteiger partial charge in [-0.05, 0) is 70.0 Å². The first-order valence-corrected chi connectivity index (χ1v) is 13.6. The fraction of sp³-hybridized carbons (Fsp3) is 0.290. The number of carboxylic acid groups (broad SMARTS) is 1. The molecular formula is C31H32N2O6S. The molecule has 4 rings (SSSR count). The van der Waals surface area contributed by atoms with Crippen LogP contribution in [0.3, 0.4) is 0 Å². The monoisotopic (exact) mass is 560 g/mol. The zero-order chi connectivity index (χ0) is 29.0. The number of rotatable bonds is 11. The lowest BCUT2D eigenvalue weighted by molar-refractivity contribution is -0.130. The molecule has 8 nitrogen and oxygen atoms in total. The van der Waals surface area contributed by atoms with Crippen molar-refractivity contribution < 1.29 is 28.9 Å². The number of aliphatic carboxylic acids is 1. The van der Waals surface area contributed by atoms with Crippen molar-refractivity contribution in [3.05, 3.63) is 82.4 Å². The highest BCUT2D eigenvalue weighted by Gasteiger charge is 2.26. The minimum atomic E-state index is -1.22. The largest absolute Gasteiger partial charge is 0.493 e. The summed E-state index contributed by atoms with van der Waals surface area (Å²) in [5, 5.41) is 10.4. The number of hydrogen-bond acceptors (Lipinski definition) is 8. The molecule has 208 valence electrons. The second kappa shape index (κ2) is 12.3. The molecular weight excluding hydrogens is 528 g/mol. The molecule has 40 heavy (non-hydrogen) atoms. The summed E-state index contributed by atoms with van der Waals surface area (Å²) in [6.07, 6.45) is -0.289. The molecule has 3 aromatic carbocycles. The van der Waals surface area contributed by atoms with Crippen molar-refractivity contribution >= 4 is 40.1 Å². The number of allylic oxidation sites excluding steroid dienone is 1. The minimum absolute atomic E-state index is 0.00840. The number of Topliss-reactive ketones (excluding diaryl/α,β-unsaturated/α-hetero) is 1. The van der Waals surface area contributed by atoms with Gasteiger partial charge in [0, 0.05) is 17.6 Å². The molecule has 0 saturated carbocycles. The van der Waals surface area contributed by atoms with Crippen molar-refractivity contribution in [3.8, 4) is 17.2 Å². The summed E-state index contributed by atoms with van der Waals surface area (Å²) in [5.74, 6) is -0.279. The summed E-state index contributed by atoms with van der Waals surface area (Å²) < 4.78 is 26.2. The predicted molar refractivity (Wildman–Crippen MR) is 156 cm³/mol. The first kappa shape index (κ1) is 28.8. The standard InChI is InChI=1S/C31H32N2O6S/c1-17(2)38-27-15-20(14-26(37-6)30(27)39-18(3)4)13-23(29(34)21-9-7-19(5)8-10-21)28(31(35)36)22-11-12-24-25(16-22)33-40-32-24/h7-12,14-18H,13H2,1-6H3,(H,35,36)/b28-23+. The lowest BCUT2D eigenvalue weighted by Gasteiger charge is -2.21. The lowest BCUT2D eigenvalue weighted by atomic mass is 9.89. The molecule has 0 aliphatic heterocycles. The number of ketones is 1. The van der Waals surface area contributed by atoms with Crippen molar-refractivity contribution in [3.63, 3.8) is 0 Å². The van der Waals surface area contributed by atoms with Crippen LogP contribution in [0.15, 0.2) is 60.2 Å². The molecule has 4 aromatic rings. The third-order valence-electron chi connectivity index (χ3n) is 6.04. The zero-order valence-electron chi connectivity index (χ0n) is 23.3. The number of carbonyl (C=O) groups is 2. The second-order valence-electron chi connectivity index (χ2n) is 9.96. The van der Waals surface area contributed by atoms with Crippen LogP contribution in [0.2, 0.25) is 0 Å². The molecule has 0 bridgehead atoms. The van der Waals surface area contributed by atoms with Gasteiger partial charge in [0.15, 0.2) is 17.3 Å². The number of nitrogens with zero attached hydrogens (tertiary/aromatic N) is 2. The van der Waals surface area contributed by atoms with Gasteiger partial charge in [-0.3, -0.25) is 4.79 Å². The Morgan fingerprint density at radius 3 is 2.10 bits per heavy atom. The van der Waals surface area contributed by atoms with Crippen LogP contribution in [-0.2, 0) is 11.2 Å². The van der Waals surface area contributed by atoms with Crippen LogP contribution in [0.25, 0.3) is 16.6 Å². The number of hydrogen-bond donors (Lipinski definition) is 1. The van der Waals surface area contributed by atoms with E-state index in [1.807, 2.05) is 46.8 Å². The van der Waals surface area contributed by atoms with Crippen LogP contribution in [0, 0.1) is 6.92 Å². The van der Waals surface area contributed by atoms with Crippen molar-refractivity contribution in [2.24, 2.45) is 0 Å². The Bertz CT molecular complexity index is 1570. The summed E-state index contributed by atoms with van der Waals surface area (Å²) in [5.41, 5.74) is 3.62. The second-order valence-corrected chi connectivity index (χ2v) is 10.5. The van der Waals surface area contributed by atoms with E-state index in [1.165, 1.54) is 7.11 Å². The van der Waals surface area contributed by atoms with E-state index in [0.29, 0.717) is 45.0 Å². The number of benzene rings is 3. The van der Waals surface area contributed by atoms with Gasteiger partial charge < -0.3 is 19.3 Å². The molecule has 0 atom stereocenters. The average Bonchev–Trinajstić information content (AvgIpc) is 3.37. The van der Waals surface area contributed by atoms with Crippen LogP contribution < -0.4 is 14.2 Å². The van der Waals surface area contributed by atoms with Crippen LogP contribution >= 0.6 is 11.7 Å². The van der Waals surface area contributed by atoms with Crippen LogP contribution in [0.4, 0.5) is 0 Å². The molecule has 0 spiro atoms. The maximum atomic E-state index is 14.0. The Morgan fingerprint density at radius 2 is 1.48 bits per heavy atom. The molecule has 9 heteroatoms. The summed E-state index contributed by atoms with van der Waals surface area (Å²) in [4.78, 5) is 26.8. The fourth-order valence-electron chi connectivity index (χ4n) is 4.31. The van der Waals surface area contributed by atoms with Crippen LogP contribution in [-0.4, -0.2) is 44.9 Å². The van der Waals surface area contributed by atoms with Gasteiger partial charge >= 0.3 is 5.97 Å². The van der Waals surface area contributed by atoms with E-state index >= 15 is 0 Å². The summed E-state index contributed by atoms with van der Waals surface area (Å²) >= 11 is 1.04. The number of carboxylic acids is 1. The molecule has 0 aliphatic carbocycles. The first-order valence-electron chi connectivity index (χ1n) is 12.9. The zero-order valence-corrected chi connectivity index (χ0v) is 24.2. The van der Waals surface area contributed by atoms with Gasteiger partial charge in [-0.1, -0.05) is 35.9 Å². The van der Waals surface area contributed by atoms with Gasteiger partial charge in [0.25, 0.3) is 0 Å². The number of fused-ring (bicyclic) bond motifs is 1. The number of aromatic nitrogens is 2. The van der Waals surface area contributed by atoms with E-state index in [2.05, 4.69) is 8.75 Å². The summed E-state index contributed by atoms with van der Waals surface area (Å²) in [7, 11) is 1.53. The van der Waals surface area contributed by atoms with E-state index in [-0.39, 0.29) is 35.6 Å². The molecule has 1 aromatic heterocycles. The first-order chi connectivity index (χ1) is 19.1. The minimum Gasteiger partial charge on any atom is -0.493 e. The third kappa shape index (κ3) is 6.48. The summed E-state index contributed by atoms with van der Waals surface area (Å²) in [6.45, 7) is 9.53. The van der Waals surface area contributed by atoms with Gasteiger partial charge in [0.05, 0.1) is 36.6 Å². The Morgan fingerprint density at radius 1 is 0.850 bits per heavy atom. The predicted octanol–water partition coefficient (Wildman–Crippen LogP) is 6.55. The topological polar surface area (TPSA) is 108 Å². The maximum Gasteiger partial charge on any atom is 0.336 e. The van der Waals surface area contributed by atoms with Gasteiger partial charge in [-0.15, -0.1) is 0 Å². The molecule has 0 radical (unpaired) electrons. The van der Waals surface area contributed by atoms with Gasteiger partial charge in [0.2, 0.25) is 5.75 Å². The number of methoxy groups -OCH3 is 1. The third-order valence-corrected chi connectivity index (χ3v) is 6.60. The van der Waals surface area contributed by atoms with Gasteiger partial charge in [0.1, 0.15) is 11.0 Å². The van der Waals surface area contributed by atoms with Gasteiger partial charge in [-0.25, -0.2) is 4.79 Å². The van der Waals surface area contributed by atoms with E-state index in [0.717, 1.165) is 17.3 Å². The molecule has 0 fully saturated rings. The van der Waals surface area contributed by atoms with Gasteiger partial charge in [-0.2, -0.15) is 8.75 Å². The molecule has 1 N–H and O–H groups in total. The van der Waals surface area contributed by atoms with E-state index in [1.54, 1.807) is 42.5 Å². The van der Waals surface area contributed by atoms with E-state index < -0.39 is 5.97 Å². The molecule has 0 amide bonds. The molecule has 0 unspecified atom stereocenters. The normalized spacial score (nSPS) is 12.0. The summed E-state index contributed by atoms with van der Waals surface area (Å²) in [6, 6.07) is 15.6. The quantitative estimate of drug-likeness (QED) is 0.163. The number of aryl methyl sites for hydroxylation is 1. The maximum absolute atomic E-state index is 14.0. The van der Waals surface area contributed by atoms with E-state index in [4.69, 9.17) is 14.2 Å². The van der Waals surface area contributed by atoms with Crippen molar-refractivity contribution in [2.75, 3.05) is 7.11 Å². The Labute approximate surface area is 237 Å². The molecule has 0 aliphatic rings. The highest BCUT2D eigenvalue weighted by molar-refractivity contribution is 7.00. The van der Waals surface area contributed by atoms with Crippen molar-refractivity contribution in [1.29, 1.82) is 0 Å². The van der Waals surface area contributed by atoms with Crippen molar-refractivity contribution in [2.45, 2.75) is 53.2 Å². The highest BCUT2D eigenvalue weighted by Crippen LogP contribution is 2.41. The molecule has 0 saturated heterocycles. The smallest absolute Gasteiger partial charge is 0.336 e. The average molecular weight is 561 g/mol. The Hall–Kier alpha value is -4.24. The lowest BCUT2D eigenvalue weighted by Crippen LogP contribution is -2.15. The molecule has 1 heterocycles. The Kier molecular flexibility index (Phi) is 8.84. The highest BCUT2D eigenvalue weighted by atomic mass is 32.1. The SMILES string of the molecule is COc1cc(C/C(C(=O)c2ccc(C)cc2)=C(\C(=O)O)c2ccc3nsnc3c2)cc(OC(C)C)c1OC(C)C. The van der Waals surface area contributed by atoms with Crippen LogP contribution in [0.5, 0.6) is 17.2 Å². The fourth-order valence-corrected chi connectivity index (χ4v) is 4.83. The van der Waals surface area contributed by atoms with E-state index in [9.17, 15) is 14.7 Å². The van der Waals surface area contributed by atoms with Crippen molar-refractivity contribution in [1.82, 2.24) is 8.75 Å². The Balaban J connectivity index is 1.93. The number of carbonyl (C=O) groups excluding carboxylic acids is 1. The number of ether oxygens (including phenoxy) is 3.